The number of rotatable bonds is 4. The van der Waals surface area contributed by atoms with Crippen molar-refractivity contribution in [2.45, 2.75) is 45.3 Å². The van der Waals surface area contributed by atoms with Gasteiger partial charge in [0, 0.05) is 13.1 Å². The molecule has 0 aromatic heterocycles. The van der Waals surface area contributed by atoms with Gasteiger partial charge in [-0.05, 0) is 57.2 Å². The molecule has 4 nitrogen and oxygen atoms in total. The predicted molar refractivity (Wildman–Crippen MR) is 86.4 cm³/mol. The molecule has 128 valence electrons. The van der Waals surface area contributed by atoms with Crippen LogP contribution in [-0.2, 0) is 9.53 Å². The first-order chi connectivity index (χ1) is 10.8. The minimum atomic E-state index is -0.612. The van der Waals surface area contributed by atoms with E-state index in [1.54, 1.807) is 17.0 Å². The lowest BCUT2D eigenvalue weighted by Crippen LogP contribution is -2.42. The quantitative estimate of drug-likeness (QED) is 0.927. The summed E-state index contributed by atoms with van der Waals surface area (Å²) in [5, 5.41) is 10.4. The highest BCUT2D eigenvalue weighted by Crippen LogP contribution is 2.30. The van der Waals surface area contributed by atoms with Crippen LogP contribution in [0.15, 0.2) is 24.3 Å². The summed E-state index contributed by atoms with van der Waals surface area (Å²) in [5.74, 6) is -0.220. The van der Waals surface area contributed by atoms with Crippen LogP contribution < -0.4 is 0 Å². The van der Waals surface area contributed by atoms with Gasteiger partial charge in [0.2, 0.25) is 5.91 Å². The number of ether oxygens (including phenoxy) is 1. The van der Waals surface area contributed by atoms with Gasteiger partial charge in [0.05, 0.1) is 11.7 Å². The van der Waals surface area contributed by atoms with Crippen molar-refractivity contribution in [3.05, 3.63) is 35.6 Å². The Labute approximate surface area is 137 Å². The summed E-state index contributed by atoms with van der Waals surface area (Å²) < 4.78 is 18.5. The molecule has 0 spiro atoms. The fourth-order valence-corrected chi connectivity index (χ4v) is 2.77. The van der Waals surface area contributed by atoms with Crippen molar-refractivity contribution in [2.75, 3.05) is 19.7 Å². The van der Waals surface area contributed by atoms with Crippen LogP contribution in [0, 0.1) is 11.7 Å². The van der Waals surface area contributed by atoms with Crippen LogP contribution in [0.4, 0.5) is 4.39 Å². The lowest BCUT2D eigenvalue weighted by Gasteiger charge is -2.35. The Kier molecular flexibility index (Phi) is 5.76. The Bertz CT molecular complexity index is 516. The average molecular weight is 323 g/mol. The third kappa shape index (κ3) is 5.29. The molecule has 1 aromatic rings. The summed E-state index contributed by atoms with van der Waals surface area (Å²) in [6.45, 7) is 7.10. The molecule has 1 amide bonds. The molecule has 23 heavy (non-hydrogen) atoms. The minimum Gasteiger partial charge on any atom is -0.388 e. The van der Waals surface area contributed by atoms with Crippen LogP contribution in [0.1, 0.15) is 45.3 Å². The van der Waals surface area contributed by atoms with Crippen LogP contribution >= 0.6 is 0 Å². The highest BCUT2D eigenvalue weighted by atomic mass is 19.1. The van der Waals surface area contributed by atoms with Gasteiger partial charge < -0.3 is 14.7 Å². The van der Waals surface area contributed by atoms with Crippen molar-refractivity contribution < 1.29 is 19.0 Å². The highest BCUT2D eigenvalue weighted by molar-refractivity contribution is 5.77. The number of nitrogens with zero attached hydrogens (tertiary/aromatic N) is 1. The summed E-state index contributed by atoms with van der Waals surface area (Å²) in [5.41, 5.74) is 0.402. The van der Waals surface area contributed by atoms with Crippen LogP contribution in [0.3, 0.4) is 0 Å². The first-order valence-corrected chi connectivity index (χ1v) is 8.11. The lowest BCUT2D eigenvalue weighted by atomic mass is 9.87. The number of halogens is 1. The molecule has 1 N–H and O–H groups in total. The van der Waals surface area contributed by atoms with Crippen molar-refractivity contribution in [1.29, 1.82) is 0 Å². The van der Waals surface area contributed by atoms with E-state index in [1.165, 1.54) is 12.1 Å². The standard InChI is InChI=1S/C18H26FNO3/c1-18(2,3)23-12-16(21)20-10-8-14(9-11-20)17(22)13-4-6-15(19)7-5-13/h4-7,14,17,22H,8-12H2,1-3H3. The van der Waals surface area contributed by atoms with Gasteiger partial charge >= 0.3 is 0 Å². The largest absolute Gasteiger partial charge is 0.388 e. The van der Waals surface area contributed by atoms with E-state index in [9.17, 15) is 14.3 Å². The smallest absolute Gasteiger partial charge is 0.248 e. The first kappa shape index (κ1) is 17.9. The van der Waals surface area contributed by atoms with Gasteiger partial charge in [-0.2, -0.15) is 0 Å². The van der Waals surface area contributed by atoms with E-state index >= 15 is 0 Å². The molecule has 1 aliphatic heterocycles. The van der Waals surface area contributed by atoms with Crippen LogP contribution in [-0.4, -0.2) is 41.2 Å². The monoisotopic (exact) mass is 323 g/mol. The number of amides is 1. The molecule has 1 atom stereocenters. The van der Waals surface area contributed by atoms with Crippen molar-refractivity contribution in [3.8, 4) is 0 Å². The summed E-state index contributed by atoms with van der Waals surface area (Å²) in [7, 11) is 0. The van der Waals surface area contributed by atoms with E-state index in [0.29, 0.717) is 13.1 Å². The van der Waals surface area contributed by atoms with Crippen molar-refractivity contribution in [2.24, 2.45) is 5.92 Å². The van der Waals surface area contributed by atoms with Crippen molar-refractivity contribution in [3.63, 3.8) is 0 Å². The molecule has 1 aromatic carbocycles. The molecular formula is C18H26FNO3. The zero-order chi connectivity index (χ0) is 17.0. The second-order valence-corrected chi connectivity index (χ2v) is 7.12. The maximum atomic E-state index is 13.0. The number of hydrogen-bond acceptors (Lipinski definition) is 3. The molecular weight excluding hydrogens is 297 g/mol. The summed E-state index contributed by atoms with van der Waals surface area (Å²) >= 11 is 0. The Hall–Kier alpha value is -1.46. The molecule has 0 bridgehead atoms. The topological polar surface area (TPSA) is 49.8 Å². The molecule has 0 aliphatic carbocycles. The van der Waals surface area contributed by atoms with E-state index in [-0.39, 0.29) is 29.9 Å². The van der Waals surface area contributed by atoms with Crippen molar-refractivity contribution >= 4 is 5.91 Å². The average Bonchev–Trinajstić information content (AvgIpc) is 2.52. The number of carbonyl (C=O) groups excluding carboxylic acids is 1. The highest BCUT2D eigenvalue weighted by Gasteiger charge is 2.28. The van der Waals surface area contributed by atoms with Gasteiger partial charge in [0.15, 0.2) is 0 Å². The Morgan fingerprint density at radius 3 is 2.39 bits per heavy atom. The van der Waals surface area contributed by atoms with E-state index in [4.69, 9.17) is 4.74 Å². The minimum absolute atomic E-state index is 0.00496. The second-order valence-electron chi connectivity index (χ2n) is 7.12. The number of aliphatic hydroxyl groups is 1. The third-order valence-electron chi connectivity index (χ3n) is 4.18. The number of aliphatic hydroxyl groups excluding tert-OH is 1. The van der Waals surface area contributed by atoms with Gasteiger partial charge in [-0.25, -0.2) is 4.39 Å². The van der Waals surface area contributed by atoms with E-state index in [1.807, 2.05) is 20.8 Å². The molecule has 1 saturated heterocycles. The second kappa shape index (κ2) is 7.41. The normalized spacial score (nSPS) is 18.0. The number of likely N-dealkylation sites (tertiary alicyclic amines) is 1. The van der Waals surface area contributed by atoms with Gasteiger partial charge in [0.25, 0.3) is 0 Å². The maximum absolute atomic E-state index is 13.0. The maximum Gasteiger partial charge on any atom is 0.248 e. The molecule has 1 heterocycles. The van der Waals surface area contributed by atoms with Crippen LogP contribution in [0.25, 0.3) is 0 Å². The molecule has 0 saturated carbocycles. The van der Waals surface area contributed by atoms with Crippen molar-refractivity contribution in [1.82, 2.24) is 4.90 Å². The fourth-order valence-electron chi connectivity index (χ4n) is 2.77. The van der Waals surface area contributed by atoms with Crippen LogP contribution in [0.2, 0.25) is 0 Å². The molecule has 5 heteroatoms. The number of benzene rings is 1. The number of carbonyl (C=O) groups is 1. The molecule has 1 aliphatic rings. The zero-order valence-corrected chi connectivity index (χ0v) is 14.1. The molecule has 0 radical (unpaired) electrons. The first-order valence-electron chi connectivity index (χ1n) is 8.11. The van der Waals surface area contributed by atoms with Crippen LogP contribution in [0.5, 0.6) is 0 Å². The molecule has 2 rings (SSSR count). The predicted octanol–water partition coefficient (Wildman–Crippen LogP) is 2.91. The van der Waals surface area contributed by atoms with Gasteiger partial charge in [0.1, 0.15) is 12.4 Å². The zero-order valence-electron chi connectivity index (χ0n) is 14.1. The SMILES string of the molecule is CC(C)(C)OCC(=O)N1CCC(C(O)c2ccc(F)cc2)CC1. The number of piperidine rings is 1. The summed E-state index contributed by atoms with van der Waals surface area (Å²) in [6.07, 6.45) is 0.859. The molecule has 1 fully saturated rings. The Morgan fingerprint density at radius 2 is 1.87 bits per heavy atom. The summed E-state index contributed by atoms with van der Waals surface area (Å²) in [6, 6.07) is 5.96. The van der Waals surface area contributed by atoms with Gasteiger partial charge in [-0.1, -0.05) is 12.1 Å². The van der Waals surface area contributed by atoms with Gasteiger partial charge in [-0.15, -0.1) is 0 Å². The third-order valence-corrected chi connectivity index (χ3v) is 4.18. The Morgan fingerprint density at radius 1 is 1.30 bits per heavy atom. The van der Waals surface area contributed by atoms with E-state index < -0.39 is 6.10 Å². The summed E-state index contributed by atoms with van der Waals surface area (Å²) in [4.78, 5) is 13.9. The fraction of sp³-hybridized carbons (Fsp3) is 0.611. The van der Waals surface area contributed by atoms with E-state index in [2.05, 4.69) is 0 Å². The number of hydrogen-bond donors (Lipinski definition) is 1. The molecule has 1 unspecified atom stereocenters. The Balaban J connectivity index is 1.83. The van der Waals surface area contributed by atoms with Gasteiger partial charge in [-0.3, -0.25) is 4.79 Å². The lowest BCUT2D eigenvalue weighted by molar-refractivity contribution is -0.143. The van der Waals surface area contributed by atoms with E-state index in [0.717, 1.165) is 18.4 Å².